The standard InChI is InChI=1S/C26H22F3N3O3S/c1-15-7-4-5-10-21(15)32-16(2)11-18(17(32)3)12-22-24(34)31(25(35)36-22)14-23(33)30-20-9-6-8-19(13-20)26(27,28)29/h4-13H,14H2,1-3H3,(H,30,33)/b22-12-. The van der Waals surface area contributed by atoms with E-state index in [1.54, 1.807) is 6.08 Å². The molecule has 0 spiro atoms. The van der Waals surface area contributed by atoms with Crippen LogP contribution in [0.2, 0.25) is 0 Å². The summed E-state index contributed by atoms with van der Waals surface area (Å²) in [5, 5.41) is 1.69. The first kappa shape index (κ1) is 25.3. The second kappa shape index (κ2) is 9.69. The summed E-state index contributed by atoms with van der Waals surface area (Å²) in [6, 6.07) is 13.9. The molecule has 1 N–H and O–H groups in total. The van der Waals surface area contributed by atoms with Crippen LogP contribution in [0, 0.1) is 20.8 Å². The Bertz CT molecular complexity index is 1410. The minimum absolute atomic E-state index is 0.0824. The molecule has 1 fully saturated rings. The number of amides is 3. The number of halogens is 3. The average molecular weight is 514 g/mol. The first-order chi connectivity index (χ1) is 17.0. The smallest absolute Gasteiger partial charge is 0.325 e. The molecule has 1 aromatic heterocycles. The Balaban J connectivity index is 1.51. The molecule has 36 heavy (non-hydrogen) atoms. The molecular formula is C26H22F3N3O3S. The van der Waals surface area contributed by atoms with Gasteiger partial charge in [-0.25, -0.2) is 0 Å². The highest BCUT2D eigenvalue weighted by atomic mass is 32.2. The third-order valence-electron chi connectivity index (χ3n) is 5.76. The Kier molecular flexibility index (Phi) is 6.81. The number of carbonyl (C=O) groups is 3. The van der Waals surface area contributed by atoms with Crippen LogP contribution in [0.4, 0.5) is 23.7 Å². The fourth-order valence-electron chi connectivity index (χ4n) is 4.01. The second-order valence-electron chi connectivity index (χ2n) is 8.34. The second-order valence-corrected chi connectivity index (χ2v) is 9.34. The lowest BCUT2D eigenvalue weighted by Gasteiger charge is -2.13. The summed E-state index contributed by atoms with van der Waals surface area (Å²) in [5.41, 5.74) is 3.68. The third kappa shape index (κ3) is 5.08. The van der Waals surface area contributed by atoms with Gasteiger partial charge < -0.3 is 9.88 Å². The Hall–Kier alpha value is -3.79. The predicted molar refractivity (Wildman–Crippen MR) is 133 cm³/mol. The van der Waals surface area contributed by atoms with Gasteiger partial charge in [0.25, 0.3) is 11.1 Å². The highest BCUT2D eigenvalue weighted by Gasteiger charge is 2.37. The number of nitrogens with one attached hydrogen (secondary N) is 1. The van der Waals surface area contributed by atoms with Gasteiger partial charge in [0.05, 0.1) is 10.5 Å². The monoisotopic (exact) mass is 513 g/mol. The summed E-state index contributed by atoms with van der Waals surface area (Å²) >= 11 is 0.714. The maximum Gasteiger partial charge on any atom is 0.416 e. The minimum Gasteiger partial charge on any atom is -0.325 e. The van der Waals surface area contributed by atoms with Crippen molar-refractivity contribution in [3.63, 3.8) is 0 Å². The zero-order valence-corrected chi connectivity index (χ0v) is 20.5. The predicted octanol–water partition coefficient (Wildman–Crippen LogP) is 6.10. The van der Waals surface area contributed by atoms with Crippen molar-refractivity contribution in [2.24, 2.45) is 0 Å². The lowest BCUT2D eigenvalue weighted by Crippen LogP contribution is -2.36. The van der Waals surface area contributed by atoms with Crippen molar-refractivity contribution in [1.82, 2.24) is 9.47 Å². The first-order valence-corrected chi connectivity index (χ1v) is 11.7. The van der Waals surface area contributed by atoms with Gasteiger partial charge >= 0.3 is 6.18 Å². The number of hydrogen-bond acceptors (Lipinski definition) is 4. The quantitative estimate of drug-likeness (QED) is 0.419. The van der Waals surface area contributed by atoms with Crippen LogP contribution in [-0.2, 0) is 15.8 Å². The normalized spacial score (nSPS) is 15.2. The largest absolute Gasteiger partial charge is 0.416 e. The number of alkyl halides is 3. The molecule has 6 nitrogen and oxygen atoms in total. The van der Waals surface area contributed by atoms with E-state index >= 15 is 0 Å². The molecule has 2 aromatic carbocycles. The van der Waals surface area contributed by atoms with Gasteiger partial charge in [-0.05, 0) is 80.1 Å². The van der Waals surface area contributed by atoms with Crippen molar-refractivity contribution in [3.05, 3.63) is 87.6 Å². The van der Waals surface area contributed by atoms with Gasteiger partial charge in [-0.2, -0.15) is 13.2 Å². The lowest BCUT2D eigenvalue weighted by atomic mass is 10.2. The van der Waals surface area contributed by atoms with E-state index < -0.39 is 35.3 Å². The molecule has 1 aliphatic rings. The molecule has 1 aliphatic heterocycles. The van der Waals surface area contributed by atoms with Crippen molar-refractivity contribution in [2.75, 3.05) is 11.9 Å². The highest BCUT2D eigenvalue weighted by molar-refractivity contribution is 8.18. The van der Waals surface area contributed by atoms with Crippen LogP contribution in [0.15, 0.2) is 59.5 Å². The first-order valence-electron chi connectivity index (χ1n) is 10.9. The maximum absolute atomic E-state index is 12.9. The van der Waals surface area contributed by atoms with Crippen molar-refractivity contribution < 1.29 is 27.6 Å². The third-order valence-corrected chi connectivity index (χ3v) is 6.67. The lowest BCUT2D eigenvalue weighted by molar-refractivity contribution is -0.137. The van der Waals surface area contributed by atoms with E-state index in [1.165, 1.54) is 6.07 Å². The summed E-state index contributed by atoms with van der Waals surface area (Å²) in [6.45, 7) is 5.25. The number of carbonyl (C=O) groups excluding carboxylic acids is 3. The van der Waals surface area contributed by atoms with Gasteiger partial charge in [-0.1, -0.05) is 24.3 Å². The number of para-hydroxylation sites is 1. The Morgan fingerprint density at radius 1 is 1.03 bits per heavy atom. The number of anilines is 1. The summed E-state index contributed by atoms with van der Waals surface area (Å²) in [4.78, 5) is 38.7. The molecule has 1 saturated heterocycles. The molecule has 0 saturated carbocycles. The van der Waals surface area contributed by atoms with Gasteiger partial charge in [0.2, 0.25) is 5.91 Å². The number of nitrogens with zero attached hydrogens (tertiary/aromatic N) is 2. The number of thioether (sulfide) groups is 1. The van der Waals surface area contributed by atoms with E-state index in [1.807, 2.05) is 51.1 Å². The molecule has 4 rings (SSSR count). The van der Waals surface area contributed by atoms with Gasteiger partial charge in [-0.3, -0.25) is 19.3 Å². The number of aryl methyl sites for hydroxylation is 2. The number of imide groups is 1. The van der Waals surface area contributed by atoms with Crippen LogP contribution in [0.1, 0.15) is 28.1 Å². The van der Waals surface area contributed by atoms with E-state index in [2.05, 4.69) is 9.88 Å². The molecule has 0 aliphatic carbocycles. The van der Waals surface area contributed by atoms with Crippen LogP contribution in [0.5, 0.6) is 0 Å². The summed E-state index contributed by atoms with van der Waals surface area (Å²) in [5.74, 6) is -1.42. The molecule has 3 aromatic rings. The number of hydrogen-bond donors (Lipinski definition) is 1. The maximum atomic E-state index is 12.9. The summed E-state index contributed by atoms with van der Waals surface area (Å²) in [6.07, 6.45) is -2.95. The van der Waals surface area contributed by atoms with Crippen molar-refractivity contribution in [2.45, 2.75) is 26.9 Å². The van der Waals surface area contributed by atoms with Crippen molar-refractivity contribution in [1.29, 1.82) is 0 Å². The number of aromatic nitrogens is 1. The molecule has 186 valence electrons. The molecule has 0 atom stereocenters. The molecule has 0 bridgehead atoms. The molecular weight excluding hydrogens is 491 g/mol. The molecule has 0 radical (unpaired) electrons. The average Bonchev–Trinajstić information content (AvgIpc) is 3.23. The van der Waals surface area contributed by atoms with Gasteiger partial charge in [0.1, 0.15) is 6.54 Å². The summed E-state index contributed by atoms with van der Waals surface area (Å²) < 4.78 is 40.8. The van der Waals surface area contributed by atoms with Gasteiger partial charge in [0.15, 0.2) is 0 Å². The summed E-state index contributed by atoms with van der Waals surface area (Å²) in [7, 11) is 0. The SMILES string of the molecule is Cc1ccccc1-n1c(C)cc(/C=C2\SC(=O)N(CC(=O)Nc3cccc(C(F)(F)F)c3)C2=O)c1C. The van der Waals surface area contributed by atoms with E-state index in [0.717, 1.165) is 51.3 Å². The van der Waals surface area contributed by atoms with E-state index in [0.29, 0.717) is 11.8 Å². The molecule has 3 amide bonds. The van der Waals surface area contributed by atoms with Gasteiger partial charge in [-0.15, -0.1) is 0 Å². The Labute approximate surface area is 209 Å². The number of rotatable bonds is 5. The number of benzene rings is 2. The zero-order valence-electron chi connectivity index (χ0n) is 19.6. The van der Waals surface area contributed by atoms with E-state index in [-0.39, 0.29) is 10.6 Å². The van der Waals surface area contributed by atoms with Gasteiger partial charge in [0, 0.05) is 22.8 Å². The fraction of sp³-hybridized carbons (Fsp3) is 0.192. The molecule has 0 unspecified atom stereocenters. The van der Waals surface area contributed by atoms with Crippen LogP contribution < -0.4 is 5.32 Å². The van der Waals surface area contributed by atoms with Crippen LogP contribution in [-0.4, -0.2) is 33.1 Å². The van der Waals surface area contributed by atoms with E-state index in [9.17, 15) is 27.6 Å². The zero-order chi connectivity index (χ0) is 26.2. The topological polar surface area (TPSA) is 71.4 Å². The molecule has 2 heterocycles. The minimum atomic E-state index is -4.56. The highest BCUT2D eigenvalue weighted by Crippen LogP contribution is 2.34. The Morgan fingerprint density at radius 3 is 2.44 bits per heavy atom. The Morgan fingerprint density at radius 2 is 1.75 bits per heavy atom. The van der Waals surface area contributed by atoms with Crippen LogP contribution >= 0.6 is 11.8 Å². The van der Waals surface area contributed by atoms with Crippen LogP contribution in [0.3, 0.4) is 0 Å². The van der Waals surface area contributed by atoms with Crippen molar-refractivity contribution in [3.8, 4) is 5.69 Å². The van der Waals surface area contributed by atoms with E-state index in [4.69, 9.17) is 0 Å². The molecule has 10 heteroatoms. The van der Waals surface area contributed by atoms with Crippen molar-refractivity contribution >= 4 is 40.6 Å². The fourth-order valence-corrected chi connectivity index (χ4v) is 4.84. The van der Waals surface area contributed by atoms with Crippen LogP contribution in [0.25, 0.3) is 11.8 Å².